The van der Waals surface area contributed by atoms with Gasteiger partial charge in [-0.05, 0) is 36.8 Å². The third kappa shape index (κ3) is 2.40. The van der Waals surface area contributed by atoms with E-state index in [0.29, 0.717) is 26.5 Å². The Morgan fingerprint density at radius 3 is 2.71 bits per heavy atom. The molecule has 4 rings (SSSR count). The first-order valence-electron chi connectivity index (χ1n) is 7.16. The van der Waals surface area contributed by atoms with Gasteiger partial charge in [-0.15, -0.1) is 11.3 Å². The summed E-state index contributed by atoms with van der Waals surface area (Å²) in [6, 6.07) is 7.36. The highest BCUT2D eigenvalue weighted by molar-refractivity contribution is 7.21. The maximum Gasteiger partial charge on any atom is 0.260 e. The predicted octanol–water partition coefficient (Wildman–Crippen LogP) is 4.83. The van der Waals surface area contributed by atoms with E-state index >= 15 is 0 Å². The highest BCUT2D eigenvalue weighted by Gasteiger charge is 2.15. The number of hydrogen-bond donors (Lipinski definition) is 0. The number of aryl methyl sites for hydroxylation is 2. The average Bonchev–Trinajstić information content (AvgIpc) is 2.95. The van der Waals surface area contributed by atoms with E-state index in [1.165, 1.54) is 22.2 Å². The largest absolute Gasteiger partial charge is 0.302 e. The fourth-order valence-electron chi connectivity index (χ4n) is 2.70. The first kappa shape index (κ1) is 15.6. The van der Waals surface area contributed by atoms with Gasteiger partial charge in [-0.25, -0.2) is 9.97 Å². The number of aromatic nitrogens is 3. The molecular formula is C17H11Cl2N3OS. The molecule has 2 aromatic carbocycles. The molecule has 0 radical (unpaired) electrons. The van der Waals surface area contributed by atoms with Crippen molar-refractivity contribution < 1.29 is 0 Å². The van der Waals surface area contributed by atoms with Gasteiger partial charge in [0.1, 0.15) is 10.5 Å². The minimum atomic E-state index is -0.0767. The minimum Gasteiger partial charge on any atom is -0.302 e. The van der Waals surface area contributed by atoms with E-state index in [2.05, 4.69) is 9.97 Å². The van der Waals surface area contributed by atoms with Gasteiger partial charge in [0.25, 0.3) is 5.56 Å². The zero-order valence-electron chi connectivity index (χ0n) is 12.8. The number of thiazole rings is 1. The molecule has 0 saturated heterocycles. The zero-order chi connectivity index (χ0) is 17.0. The minimum absolute atomic E-state index is 0.0767. The van der Waals surface area contributed by atoms with Crippen molar-refractivity contribution in [3.8, 4) is 10.6 Å². The Morgan fingerprint density at radius 1 is 1.12 bits per heavy atom. The third-order valence-corrected chi connectivity index (χ3v) is 5.35. The SMILES string of the molecule is Cc1cc(-c2nc3c(Cl)cc(Cl)cc3s2)c2ncn(C)c(=O)c2c1. The summed E-state index contributed by atoms with van der Waals surface area (Å²) >= 11 is 13.8. The molecule has 0 amide bonds. The highest BCUT2D eigenvalue weighted by atomic mass is 35.5. The lowest BCUT2D eigenvalue weighted by Crippen LogP contribution is -2.17. The number of benzene rings is 2. The van der Waals surface area contributed by atoms with Crippen LogP contribution in [0, 0.1) is 6.92 Å². The van der Waals surface area contributed by atoms with Crippen molar-refractivity contribution in [1.82, 2.24) is 14.5 Å². The lowest BCUT2D eigenvalue weighted by atomic mass is 10.1. The highest BCUT2D eigenvalue weighted by Crippen LogP contribution is 2.37. The molecule has 0 fully saturated rings. The molecule has 0 aliphatic carbocycles. The van der Waals surface area contributed by atoms with Gasteiger partial charge in [-0.1, -0.05) is 23.2 Å². The van der Waals surface area contributed by atoms with Crippen molar-refractivity contribution >= 4 is 55.7 Å². The van der Waals surface area contributed by atoms with Gasteiger partial charge in [-0.2, -0.15) is 0 Å². The van der Waals surface area contributed by atoms with Crippen molar-refractivity contribution in [2.45, 2.75) is 6.92 Å². The fourth-order valence-corrected chi connectivity index (χ4v) is 4.41. The molecule has 120 valence electrons. The number of rotatable bonds is 1. The Bertz CT molecular complexity index is 1180. The Balaban J connectivity index is 2.08. The summed E-state index contributed by atoms with van der Waals surface area (Å²) < 4.78 is 2.38. The zero-order valence-corrected chi connectivity index (χ0v) is 15.1. The molecule has 0 unspecified atom stereocenters. The molecule has 0 spiro atoms. The van der Waals surface area contributed by atoms with E-state index in [0.717, 1.165) is 20.8 Å². The van der Waals surface area contributed by atoms with E-state index in [9.17, 15) is 4.79 Å². The second kappa shape index (κ2) is 5.55. The Hall–Kier alpha value is -1.95. The smallest absolute Gasteiger partial charge is 0.260 e. The lowest BCUT2D eigenvalue weighted by molar-refractivity contribution is 0.843. The van der Waals surface area contributed by atoms with E-state index < -0.39 is 0 Å². The lowest BCUT2D eigenvalue weighted by Gasteiger charge is -2.06. The molecule has 2 heterocycles. The van der Waals surface area contributed by atoms with E-state index in [-0.39, 0.29) is 5.56 Å². The van der Waals surface area contributed by atoms with Crippen LogP contribution in [0.1, 0.15) is 5.56 Å². The maximum absolute atomic E-state index is 12.4. The van der Waals surface area contributed by atoms with Gasteiger partial charge < -0.3 is 4.57 Å². The summed E-state index contributed by atoms with van der Waals surface area (Å²) in [7, 11) is 1.69. The first-order chi connectivity index (χ1) is 11.4. The molecule has 0 N–H and O–H groups in total. The van der Waals surface area contributed by atoms with Gasteiger partial charge in [0.05, 0.1) is 27.0 Å². The van der Waals surface area contributed by atoms with Crippen molar-refractivity contribution in [3.63, 3.8) is 0 Å². The number of hydrogen-bond acceptors (Lipinski definition) is 4. The van der Waals surface area contributed by atoms with Gasteiger partial charge >= 0.3 is 0 Å². The molecule has 0 aliphatic rings. The van der Waals surface area contributed by atoms with Crippen LogP contribution in [0.5, 0.6) is 0 Å². The summed E-state index contributed by atoms with van der Waals surface area (Å²) in [4.78, 5) is 21.5. The molecular weight excluding hydrogens is 365 g/mol. The molecule has 4 aromatic rings. The molecule has 7 heteroatoms. The Morgan fingerprint density at radius 2 is 1.92 bits per heavy atom. The topological polar surface area (TPSA) is 47.8 Å². The summed E-state index contributed by atoms with van der Waals surface area (Å²) in [5, 5.41) is 2.44. The third-order valence-electron chi connectivity index (χ3n) is 3.81. The Labute approximate surface area is 151 Å². The maximum atomic E-state index is 12.4. The molecule has 0 bridgehead atoms. The van der Waals surface area contributed by atoms with Crippen LogP contribution in [0.25, 0.3) is 31.7 Å². The van der Waals surface area contributed by atoms with Crippen LogP contribution in [0.15, 0.2) is 35.4 Å². The molecule has 24 heavy (non-hydrogen) atoms. The summed E-state index contributed by atoms with van der Waals surface area (Å²) in [6.07, 6.45) is 1.53. The number of halogens is 2. The van der Waals surface area contributed by atoms with Crippen LogP contribution in [0.3, 0.4) is 0 Å². The monoisotopic (exact) mass is 375 g/mol. The van der Waals surface area contributed by atoms with Gasteiger partial charge in [-0.3, -0.25) is 4.79 Å². The fraction of sp³-hybridized carbons (Fsp3) is 0.118. The van der Waals surface area contributed by atoms with E-state index in [4.69, 9.17) is 23.2 Å². The van der Waals surface area contributed by atoms with Crippen molar-refractivity contribution in [2.75, 3.05) is 0 Å². The normalized spacial score (nSPS) is 11.5. The first-order valence-corrected chi connectivity index (χ1v) is 8.73. The number of fused-ring (bicyclic) bond motifs is 2. The number of nitrogens with zero attached hydrogens (tertiary/aromatic N) is 3. The standard InChI is InChI=1S/C17H11Cl2N3OS/c1-8-3-10(14-11(4-8)17(23)22(2)7-20-14)16-21-15-12(19)5-9(18)6-13(15)24-16/h3-7H,1-2H3. The van der Waals surface area contributed by atoms with Gasteiger partial charge in [0, 0.05) is 17.6 Å². The second-order valence-corrected chi connectivity index (χ2v) is 7.50. The van der Waals surface area contributed by atoms with Crippen molar-refractivity contribution in [3.05, 3.63) is 56.6 Å². The predicted molar refractivity (Wildman–Crippen MR) is 100 cm³/mol. The summed E-state index contributed by atoms with van der Waals surface area (Å²) in [5.74, 6) is 0. The van der Waals surface area contributed by atoms with Gasteiger partial charge in [0.15, 0.2) is 0 Å². The van der Waals surface area contributed by atoms with E-state index in [1.54, 1.807) is 13.1 Å². The molecule has 4 nitrogen and oxygen atoms in total. The molecule has 0 saturated carbocycles. The molecule has 2 aromatic heterocycles. The van der Waals surface area contributed by atoms with Crippen LogP contribution in [-0.2, 0) is 7.05 Å². The summed E-state index contributed by atoms with van der Waals surface area (Å²) in [5.41, 5.74) is 3.08. The van der Waals surface area contributed by atoms with Crippen LogP contribution >= 0.6 is 34.5 Å². The van der Waals surface area contributed by atoms with Crippen molar-refractivity contribution in [1.29, 1.82) is 0 Å². The quantitative estimate of drug-likeness (QED) is 0.478. The average molecular weight is 376 g/mol. The van der Waals surface area contributed by atoms with Crippen molar-refractivity contribution in [2.24, 2.45) is 7.05 Å². The van der Waals surface area contributed by atoms with Gasteiger partial charge in [0.2, 0.25) is 0 Å². The van der Waals surface area contributed by atoms with Crippen LogP contribution in [-0.4, -0.2) is 14.5 Å². The summed E-state index contributed by atoms with van der Waals surface area (Å²) in [6.45, 7) is 1.95. The molecule has 0 aliphatic heterocycles. The second-order valence-electron chi connectivity index (χ2n) is 5.62. The Kier molecular flexibility index (Phi) is 3.60. The van der Waals surface area contributed by atoms with E-state index in [1.807, 2.05) is 25.1 Å². The molecule has 0 atom stereocenters. The van der Waals surface area contributed by atoms with Crippen LogP contribution in [0.2, 0.25) is 10.0 Å². The van der Waals surface area contributed by atoms with Crippen LogP contribution in [0.4, 0.5) is 0 Å². The van der Waals surface area contributed by atoms with Crippen LogP contribution < -0.4 is 5.56 Å².